The van der Waals surface area contributed by atoms with Crippen molar-refractivity contribution in [2.75, 3.05) is 25.4 Å². The van der Waals surface area contributed by atoms with Gasteiger partial charge in [0.15, 0.2) is 5.16 Å². The Balaban J connectivity index is 1.18. The lowest BCUT2D eigenvalue weighted by atomic mass is 10.1. The number of halogens is 2. The van der Waals surface area contributed by atoms with Gasteiger partial charge in [-0.2, -0.15) is 0 Å². The Hall–Kier alpha value is -2.55. The molecule has 1 aliphatic rings. The van der Waals surface area contributed by atoms with Gasteiger partial charge in [-0.05, 0) is 49.9 Å². The molecular weight excluding hydrogens is 649 g/mol. The Morgan fingerprint density at radius 2 is 1.49 bits per heavy atom. The van der Waals surface area contributed by atoms with E-state index < -0.39 is 0 Å². The maximum atomic E-state index is 13.1. The van der Waals surface area contributed by atoms with E-state index in [1.807, 2.05) is 44.7 Å². The van der Waals surface area contributed by atoms with Crippen molar-refractivity contribution in [3.63, 3.8) is 0 Å². The molecule has 0 saturated carbocycles. The number of hydrogen-bond donors (Lipinski definition) is 0. The van der Waals surface area contributed by atoms with E-state index in [1.54, 1.807) is 17.8 Å². The topological polar surface area (TPSA) is 71.3 Å². The minimum absolute atomic E-state index is 0.0622. The Kier molecular flexibility index (Phi) is 15.9. The summed E-state index contributed by atoms with van der Waals surface area (Å²) < 4.78 is 2.04. The van der Waals surface area contributed by atoms with E-state index >= 15 is 0 Å². The zero-order valence-electron chi connectivity index (χ0n) is 28.1. The zero-order valence-corrected chi connectivity index (χ0v) is 30.5. The summed E-state index contributed by atoms with van der Waals surface area (Å²) in [6.07, 6.45) is 14.7. The van der Waals surface area contributed by atoms with Crippen molar-refractivity contribution in [1.29, 1.82) is 0 Å². The Labute approximate surface area is 295 Å². The number of carbonyl (C=O) groups excluding carboxylic acids is 2. The first-order valence-electron chi connectivity index (χ1n) is 17.5. The lowest BCUT2D eigenvalue weighted by molar-refractivity contribution is -0.142. The number of benzene rings is 2. The van der Waals surface area contributed by atoms with Gasteiger partial charge in [0, 0.05) is 50.7 Å². The Bertz CT molecular complexity index is 1400. The second-order valence-corrected chi connectivity index (χ2v) is 14.5. The molecule has 2 heterocycles. The van der Waals surface area contributed by atoms with E-state index in [1.165, 1.54) is 44.9 Å². The molecule has 1 fully saturated rings. The summed E-state index contributed by atoms with van der Waals surface area (Å²) in [5.41, 5.74) is 2.02. The highest BCUT2D eigenvalue weighted by Crippen LogP contribution is 2.29. The molecule has 0 radical (unpaired) electrons. The number of carbonyl (C=O) groups is 2. The Morgan fingerprint density at radius 3 is 2.19 bits per heavy atom. The summed E-state index contributed by atoms with van der Waals surface area (Å²) in [4.78, 5) is 29.9. The van der Waals surface area contributed by atoms with Crippen LogP contribution in [0.5, 0.6) is 0 Å². The highest BCUT2D eigenvalue weighted by atomic mass is 35.5. The molecule has 10 heteroatoms. The van der Waals surface area contributed by atoms with Crippen LogP contribution in [0.1, 0.15) is 109 Å². The quantitative estimate of drug-likeness (QED) is 0.0921. The average Bonchev–Trinajstić information content (AvgIpc) is 3.47. The molecule has 1 aromatic heterocycles. The molecule has 7 nitrogen and oxygen atoms in total. The third-order valence-electron chi connectivity index (χ3n) is 8.88. The molecule has 1 saturated heterocycles. The molecule has 2 amide bonds. The zero-order chi connectivity index (χ0) is 33.4. The van der Waals surface area contributed by atoms with Crippen LogP contribution in [0.25, 0.3) is 5.69 Å². The highest BCUT2D eigenvalue weighted by molar-refractivity contribution is 7.99. The lowest BCUT2D eigenvalue weighted by Crippen LogP contribution is -2.55. The fourth-order valence-electron chi connectivity index (χ4n) is 6.16. The molecule has 2 aromatic carbocycles. The van der Waals surface area contributed by atoms with Gasteiger partial charge in [-0.15, -0.1) is 10.2 Å². The highest BCUT2D eigenvalue weighted by Gasteiger charge is 2.29. The van der Waals surface area contributed by atoms with Crippen LogP contribution in [0.2, 0.25) is 10.0 Å². The molecule has 0 aliphatic carbocycles. The molecular formula is C37H51Cl2N5O2S. The van der Waals surface area contributed by atoms with Crippen LogP contribution in [-0.4, -0.2) is 67.8 Å². The van der Waals surface area contributed by atoms with Gasteiger partial charge >= 0.3 is 0 Å². The van der Waals surface area contributed by atoms with E-state index in [-0.39, 0.29) is 17.9 Å². The van der Waals surface area contributed by atoms with E-state index in [2.05, 4.69) is 36.2 Å². The SMILES string of the molecule is CCCCCCCCCCCC(=O)N1CCN(C(=O)CCCCSc2nnc(Cc3ccccc3)n2-c2ccc(Cl)c(Cl)c2)CC1C. The number of hydrogen-bond acceptors (Lipinski definition) is 5. The van der Waals surface area contributed by atoms with Crippen molar-refractivity contribution in [3.8, 4) is 5.69 Å². The molecule has 0 bridgehead atoms. The summed E-state index contributed by atoms with van der Waals surface area (Å²) in [5.74, 6) is 2.06. The number of unbranched alkanes of at least 4 members (excludes halogenated alkanes) is 9. The van der Waals surface area contributed by atoms with Gasteiger partial charge < -0.3 is 9.80 Å². The minimum atomic E-state index is 0.0622. The van der Waals surface area contributed by atoms with Gasteiger partial charge in [0.25, 0.3) is 0 Å². The van der Waals surface area contributed by atoms with Crippen LogP contribution in [-0.2, 0) is 16.0 Å². The first kappa shape index (κ1) is 37.3. The normalized spacial score (nSPS) is 14.9. The predicted molar refractivity (Wildman–Crippen MR) is 195 cm³/mol. The van der Waals surface area contributed by atoms with Gasteiger partial charge in [0.05, 0.1) is 15.7 Å². The average molecular weight is 701 g/mol. The standard InChI is InChI=1S/C37H51Cl2N5O2S/c1-3-4-5-6-7-8-9-10-14-20-36(46)43-24-23-42(28-29(43)2)35(45)19-15-16-25-47-37-41-40-34(26-30-17-12-11-13-18-30)44(37)31-21-22-32(38)33(39)27-31/h11-13,17-18,21-22,27,29H,3-10,14-16,19-20,23-26,28H2,1-2H3. The van der Waals surface area contributed by atoms with E-state index in [4.69, 9.17) is 23.2 Å². The lowest BCUT2D eigenvalue weighted by Gasteiger charge is -2.40. The number of rotatable bonds is 19. The fraction of sp³-hybridized carbons (Fsp3) is 0.568. The summed E-state index contributed by atoms with van der Waals surface area (Å²) in [7, 11) is 0. The van der Waals surface area contributed by atoms with Gasteiger partial charge in [-0.25, -0.2) is 0 Å². The summed E-state index contributed by atoms with van der Waals surface area (Å²) in [5, 5.41) is 10.8. The van der Waals surface area contributed by atoms with Gasteiger partial charge in [-0.3, -0.25) is 14.2 Å². The second-order valence-electron chi connectivity index (χ2n) is 12.7. The molecule has 1 aliphatic heterocycles. The van der Waals surface area contributed by atoms with E-state index in [9.17, 15) is 9.59 Å². The molecule has 47 heavy (non-hydrogen) atoms. The largest absolute Gasteiger partial charge is 0.339 e. The van der Waals surface area contributed by atoms with Crippen molar-refractivity contribution in [2.24, 2.45) is 0 Å². The van der Waals surface area contributed by atoms with Crippen LogP contribution in [0.15, 0.2) is 53.7 Å². The summed E-state index contributed by atoms with van der Waals surface area (Å²) in [6, 6.07) is 15.8. The Morgan fingerprint density at radius 1 is 0.809 bits per heavy atom. The predicted octanol–water partition coefficient (Wildman–Crippen LogP) is 9.41. The van der Waals surface area contributed by atoms with Crippen molar-refractivity contribution in [1.82, 2.24) is 24.6 Å². The summed E-state index contributed by atoms with van der Waals surface area (Å²) >= 11 is 14.2. The van der Waals surface area contributed by atoms with Crippen molar-refractivity contribution < 1.29 is 9.59 Å². The number of piperazine rings is 1. The first-order chi connectivity index (χ1) is 22.9. The number of nitrogens with zero attached hydrogens (tertiary/aromatic N) is 5. The number of amides is 2. The maximum Gasteiger partial charge on any atom is 0.222 e. The molecule has 3 aromatic rings. The molecule has 0 N–H and O–H groups in total. The molecule has 256 valence electrons. The van der Waals surface area contributed by atoms with Gasteiger partial charge in [-0.1, -0.05) is 124 Å². The number of aromatic nitrogens is 3. The fourth-order valence-corrected chi connectivity index (χ4v) is 7.42. The van der Waals surface area contributed by atoms with Crippen LogP contribution in [0.3, 0.4) is 0 Å². The van der Waals surface area contributed by atoms with E-state index in [0.29, 0.717) is 48.9 Å². The summed E-state index contributed by atoms with van der Waals surface area (Å²) in [6.45, 7) is 6.19. The third kappa shape index (κ3) is 11.8. The van der Waals surface area contributed by atoms with E-state index in [0.717, 1.165) is 53.7 Å². The third-order valence-corrected chi connectivity index (χ3v) is 10.6. The van der Waals surface area contributed by atoms with Crippen molar-refractivity contribution >= 4 is 46.8 Å². The van der Waals surface area contributed by atoms with Crippen LogP contribution in [0.4, 0.5) is 0 Å². The second kappa shape index (κ2) is 20.1. The smallest absolute Gasteiger partial charge is 0.222 e. The van der Waals surface area contributed by atoms with Crippen molar-refractivity contribution in [2.45, 2.75) is 115 Å². The van der Waals surface area contributed by atoms with Crippen molar-refractivity contribution in [3.05, 3.63) is 70.0 Å². The van der Waals surface area contributed by atoms with Gasteiger partial charge in [0.1, 0.15) is 5.82 Å². The number of thioether (sulfide) groups is 1. The molecule has 1 atom stereocenters. The molecule has 1 unspecified atom stereocenters. The first-order valence-corrected chi connectivity index (χ1v) is 19.2. The molecule has 4 rings (SSSR count). The molecule has 0 spiro atoms. The van der Waals surface area contributed by atoms with Gasteiger partial charge in [0.2, 0.25) is 11.8 Å². The van der Waals surface area contributed by atoms with Crippen LogP contribution >= 0.6 is 35.0 Å². The van der Waals surface area contributed by atoms with Crippen LogP contribution < -0.4 is 0 Å². The van der Waals surface area contributed by atoms with Crippen LogP contribution in [0, 0.1) is 0 Å². The monoisotopic (exact) mass is 699 g/mol. The minimum Gasteiger partial charge on any atom is -0.339 e. The maximum absolute atomic E-state index is 13.1.